The number of carbonyl (C=O) groups is 1. The summed E-state index contributed by atoms with van der Waals surface area (Å²) < 4.78 is 5.59. The molecule has 0 aromatic carbocycles. The van der Waals surface area contributed by atoms with Gasteiger partial charge in [0, 0.05) is 19.3 Å². The Hall–Kier alpha value is -1.99. The van der Waals surface area contributed by atoms with Crippen molar-refractivity contribution in [3.8, 4) is 0 Å². The molecule has 1 aliphatic heterocycles. The lowest BCUT2D eigenvalue weighted by Gasteiger charge is -2.34. The fourth-order valence-electron chi connectivity index (χ4n) is 2.81. The molecule has 1 saturated carbocycles. The first-order valence-electron chi connectivity index (χ1n) is 8.30. The van der Waals surface area contributed by atoms with Crippen molar-refractivity contribution >= 4 is 23.1 Å². The Labute approximate surface area is 144 Å². The molecule has 4 rings (SSSR count). The highest BCUT2D eigenvalue weighted by atomic mass is 32.1. The van der Waals surface area contributed by atoms with Crippen LogP contribution in [0.25, 0.3) is 0 Å². The van der Waals surface area contributed by atoms with Crippen LogP contribution in [0.3, 0.4) is 0 Å². The lowest BCUT2D eigenvalue weighted by atomic mass is 10.2. The standard InChI is InChI=1S/C17H20N4O2S/c22-17(14-2-1-9-24-14)21-7-8-23-11-13(21)16-18-6-5-15(20-16)19-10-12-3-4-12/h1-2,5-6,9,12-13H,3-4,7-8,10-11H2,(H,18,19,20)/t13-/m1/s1. The van der Waals surface area contributed by atoms with Gasteiger partial charge in [-0.2, -0.15) is 0 Å². The van der Waals surface area contributed by atoms with E-state index in [0.717, 1.165) is 23.2 Å². The van der Waals surface area contributed by atoms with Crippen LogP contribution >= 0.6 is 11.3 Å². The van der Waals surface area contributed by atoms with Gasteiger partial charge in [0.15, 0.2) is 5.82 Å². The molecule has 1 saturated heterocycles. The van der Waals surface area contributed by atoms with Gasteiger partial charge >= 0.3 is 0 Å². The number of nitrogens with one attached hydrogen (secondary N) is 1. The van der Waals surface area contributed by atoms with Gasteiger partial charge in [-0.3, -0.25) is 4.79 Å². The highest BCUT2D eigenvalue weighted by Crippen LogP contribution is 2.29. The van der Waals surface area contributed by atoms with E-state index in [2.05, 4.69) is 15.3 Å². The number of carbonyl (C=O) groups excluding carboxylic acids is 1. The Kier molecular flexibility index (Phi) is 4.44. The first kappa shape index (κ1) is 15.5. The minimum Gasteiger partial charge on any atom is -0.377 e. The zero-order valence-corrected chi connectivity index (χ0v) is 14.2. The second-order valence-corrected chi connectivity index (χ2v) is 7.14. The summed E-state index contributed by atoms with van der Waals surface area (Å²) in [7, 11) is 0. The van der Waals surface area contributed by atoms with Crippen LogP contribution in [0.1, 0.15) is 34.4 Å². The zero-order valence-electron chi connectivity index (χ0n) is 13.4. The van der Waals surface area contributed by atoms with E-state index in [9.17, 15) is 4.79 Å². The third-order valence-corrected chi connectivity index (χ3v) is 5.22. The van der Waals surface area contributed by atoms with E-state index in [-0.39, 0.29) is 11.9 Å². The van der Waals surface area contributed by atoms with Gasteiger partial charge in [0.25, 0.3) is 5.91 Å². The van der Waals surface area contributed by atoms with Crippen molar-refractivity contribution in [1.29, 1.82) is 0 Å². The number of anilines is 1. The molecule has 0 spiro atoms. The first-order chi connectivity index (χ1) is 11.8. The van der Waals surface area contributed by atoms with Gasteiger partial charge in [0.05, 0.1) is 18.1 Å². The van der Waals surface area contributed by atoms with Crippen LogP contribution in [0.5, 0.6) is 0 Å². The zero-order chi connectivity index (χ0) is 16.4. The molecule has 0 bridgehead atoms. The molecule has 6 nitrogen and oxygen atoms in total. The van der Waals surface area contributed by atoms with E-state index in [0.29, 0.717) is 25.6 Å². The molecule has 1 atom stereocenters. The lowest BCUT2D eigenvalue weighted by molar-refractivity contribution is -0.00492. The minimum absolute atomic E-state index is 0.0262. The van der Waals surface area contributed by atoms with Crippen molar-refractivity contribution in [3.63, 3.8) is 0 Å². The van der Waals surface area contributed by atoms with Crippen molar-refractivity contribution in [2.75, 3.05) is 31.6 Å². The van der Waals surface area contributed by atoms with Crippen molar-refractivity contribution in [3.05, 3.63) is 40.5 Å². The third kappa shape index (κ3) is 3.42. The van der Waals surface area contributed by atoms with Crippen LogP contribution < -0.4 is 5.32 Å². The van der Waals surface area contributed by atoms with E-state index in [4.69, 9.17) is 4.74 Å². The van der Waals surface area contributed by atoms with Crippen molar-refractivity contribution in [2.45, 2.75) is 18.9 Å². The van der Waals surface area contributed by atoms with Crippen molar-refractivity contribution in [2.24, 2.45) is 5.92 Å². The number of nitrogens with zero attached hydrogens (tertiary/aromatic N) is 3. The summed E-state index contributed by atoms with van der Waals surface area (Å²) in [5.74, 6) is 2.26. The van der Waals surface area contributed by atoms with E-state index >= 15 is 0 Å². The van der Waals surface area contributed by atoms with E-state index in [1.165, 1.54) is 24.2 Å². The average molecular weight is 344 g/mol. The number of hydrogen-bond acceptors (Lipinski definition) is 6. The van der Waals surface area contributed by atoms with Crippen molar-refractivity contribution in [1.82, 2.24) is 14.9 Å². The van der Waals surface area contributed by atoms with Crippen LogP contribution in [0, 0.1) is 5.92 Å². The van der Waals surface area contributed by atoms with Crippen molar-refractivity contribution < 1.29 is 9.53 Å². The fourth-order valence-corrected chi connectivity index (χ4v) is 3.49. The summed E-state index contributed by atoms with van der Waals surface area (Å²) in [6, 6.07) is 5.39. The summed E-state index contributed by atoms with van der Waals surface area (Å²) in [6.45, 7) is 2.50. The number of rotatable bonds is 5. The van der Waals surface area contributed by atoms with Gasteiger partial charge in [-0.1, -0.05) is 6.07 Å². The molecule has 1 N–H and O–H groups in total. The smallest absolute Gasteiger partial charge is 0.264 e. The maximum Gasteiger partial charge on any atom is 0.264 e. The van der Waals surface area contributed by atoms with Gasteiger partial charge in [-0.05, 0) is 36.3 Å². The Balaban J connectivity index is 1.53. The van der Waals surface area contributed by atoms with Crippen LogP contribution in [0.4, 0.5) is 5.82 Å². The molecule has 24 heavy (non-hydrogen) atoms. The fraction of sp³-hybridized carbons (Fsp3) is 0.471. The predicted octanol–water partition coefficient (Wildman–Crippen LogP) is 2.57. The van der Waals surface area contributed by atoms with Gasteiger partial charge in [-0.25, -0.2) is 9.97 Å². The maximum atomic E-state index is 12.8. The molecule has 1 aliphatic carbocycles. The molecule has 0 unspecified atom stereocenters. The highest BCUT2D eigenvalue weighted by Gasteiger charge is 2.32. The summed E-state index contributed by atoms with van der Waals surface area (Å²) in [5, 5.41) is 5.28. The molecule has 2 aromatic heterocycles. The van der Waals surface area contributed by atoms with E-state index in [1.54, 1.807) is 6.20 Å². The molecule has 3 heterocycles. The van der Waals surface area contributed by atoms with Gasteiger partial charge in [0.1, 0.15) is 11.9 Å². The van der Waals surface area contributed by atoms with Crippen LogP contribution in [0.2, 0.25) is 0 Å². The summed E-state index contributed by atoms with van der Waals surface area (Å²) in [6.07, 6.45) is 4.34. The minimum atomic E-state index is -0.240. The van der Waals surface area contributed by atoms with Gasteiger partial charge in [0.2, 0.25) is 0 Å². The number of amides is 1. The molecule has 2 aliphatic rings. The molecule has 0 radical (unpaired) electrons. The topological polar surface area (TPSA) is 67.4 Å². The van der Waals surface area contributed by atoms with Gasteiger partial charge < -0.3 is 15.0 Å². The number of ether oxygens (including phenoxy) is 1. The number of hydrogen-bond donors (Lipinski definition) is 1. The number of morpholine rings is 1. The molecule has 2 fully saturated rings. The normalized spacial score (nSPS) is 20.8. The Morgan fingerprint density at radius 2 is 2.33 bits per heavy atom. The predicted molar refractivity (Wildman–Crippen MR) is 92.2 cm³/mol. The quantitative estimate of drug-likeness (QED) is 0.903. The summed E-state index contributed by atoms with van der Waals surface area (Å²) >= 11 is 1.46. The number of thiophene rings is 1. The van der Waals surface area contributed by atoms with Crippen LogP contribution in [-0.4, -0.2) is 47.1 Å². The SMILES string of the molecule is O=C(c1cccs1)N1CCOC[C@@H]1c1nccc(NCC2CC2)n1. The van der Waals surface area contributed by atoms with Gasteiger partial charge in [-0.15, -0.1) is 11.3 Å². The summed E-state index contributed by atoms with van der Waals surface area (Å²) in [5.41, 5.74) is 0. The average Bonchev–Trinajstić information content (AvgIpc) is 3.31. The van der Waals surface area contributed by atoms with E-state index in [1.807, 2.05) is 28.5 Å². The monoisotopic (exact) mass is 344 g/mol. The van der Waals surface area contributed by atoms with Crippen LogP contribution in [0.15, 0.2) is 29.8 Å². The third-order valence-electron chi connectivity index (χ3n) is 4.36. The largest absolute Gasteiger partial charge is 0.377 e. The molecular weight excluding hydrogens is 324 g/mol. The maximum absolute atomic E-state index is 12.8. The van der Waals surface area contributed by atoms with E-state index < -0.39 is 0 Å². The highest BCUT2D eigenvalue weighted by molar-refractivity contribution is 7.12. The second-order valence-electron chi connectivity index (χ2n) is 6.19. The molecule has 7 heteroatoms. The molecule has 126 valence electrons. The lowest BCUT2D eigenvalue weighted by Crippen LogP contribution is -2.43. The Bertz CT molecular complexity index is 702. The second kappa shape index (κ2) is 6.86. The summed E-state index contributed by atoms with van der Waals surface area (Å²) in [4.78, 5) is 24.3. The molecular formula is C17H20N4O2S. The van der Waals surface area contributed by atoms with Crippen LogP contribution in [-0.2, 0) is 4.74 Å². The number of aromatic nitrogens is 2. The molecule has 1 amide bonds. The first-order valence-corrected chi connectivity index (χ1v) is 9.18. The molecule has 2 aromatic rings. The Morgan fingerprint density at radius 3 is 3.12 bits per heavy atom. The Morgan fingerprint density at radius 1 is 1.42 bits per heavy atom.